The molecule has 3 nitrogen and oxygen atoms in total. The third-order valence-electron chi connectivity index (χ3n) is 3.03. The van der Waals surface area contributed by atoms with Gasteiger partial charge in [-0.3, -0.25) is 4.98 Å². The number of anilines is 1. The van der Waals surface area contributed by atoms with Gasteiger partial charge in [0.05, 0.1) is 18.8 Å². The number of pyridine rings is 1. The lowest BCUT2D eigenvalue weighted by Gasteiger charge is -2.23. The van der Waals surface area contributed by atoms with E-state index < -0.39 is 0 Å². The highest BCUT2D eigenvalue weighted by atomic mass is 35.5. The van der Waals surface area contributed by atoms with Crippen LogP contribution in [0.1, 0.15) is 18.2 Å². The van der Waals surface area contributed by atoms with Crippen molar-refractivity contribution >= 4 is 17.3 Å². The number of benzene rings is 1. The lowest BCUT2D eigenvalue weighted by molar-refractivity contribution is 0.282. The normalized spacial score (nSPS) is 10.5. The first kappa shape index (κ1) is 13.8. The minimum atomic E-state index is -0.0362. The second-order valence-electron chi connectivity index (χ2n) is 4.27. The van der Waals surface area contributed by atoms with Crippen LogP contribution < -0.4 is 4.90 Å². The van der Waals surface area contributed by atoms with Crippen LogP contribution in [-0.4, -0.2) is 16.6 Å². The van der Waals surface area contributed by atoms with E-state index in [1.54, 1.807) is 6.20 Å². The van der Waals surface area contributed by atoms with E-state index in [2.05, 4.69) is 16.8 Å². The van der Waals surface area contributed by atoms with E-state index in [1.165, 1.54) is 0 Å². The van der Waals surface area contributed by atoms with Crippen molar-refractivity contribution in [2.24, 2.45) is 0 Å². The Morgan fingerprint density at radius 3 is 2.68 bits per heavy atom. The van der Waals surface area contributed by atoms with Gasteiger partial charge >= 0.3 is 0 Å². The first-order chi connectivity index (χ1) is 9.24. The van der Waals surface area contributed by atoms with Crippen LogP contribution in [-0.2, 0) is 13.2 Å². The van der Waals surface area contributed by atoms with Crippen LogP contribution in [0.3, 0.4) is 0 Å². The quantitative estimate of drug-likeness (QED) is 0.911. The molecule has 2 aromatic rings. The molecule has 19 heavy (non-hydrogen) atoms. The molecule has 0 aliphatic rings. The van der Waals surface area contributed by atoms with Crippen molar-refractivity contribution in [2.45, 2.75) is 20.1 Å². The highest BCUT2D eigenvalue weighted by molar-refractivity contribution is 6.31. The topological polar surface area (TPSA) is 36.4 Å². The number of halogens is 1. The van der Waals surface area contributed by atoms with Crippen LogP contribution in [0.2, 0.25) is 5.02 Å². The molecule has 4 heteroatoms. The molecule has 0 radical (unpaired) electrons. The third-order valence-corrected chi connectivity index (χ3v) is 3.38. The predicted octanol–water partition coefficient (Wildman–Crippen LogP) is 3.25. The van der Waals surface area contributed by atoms with Gasteiger partial charge in [0.1, 0.15) is 0 Å². The summed E-state index contributed by atoms with van der Waals surface area (Å²) in [5.74, 6) is 0. The van der Waals surface area contributed by atoms with E-state index in [-0.39, 0.29) is 6.61 Å². The maximum absolute atomic E-state index is 9.13. The van der Waals surface area contributed by atoms with Crippen molar-refractivity contribution in [1.29, 1.82) is 0 Å². The van der Waals surface area contributed by atoms with Crippen molar-refractivity contribution in [1.82, 2.24) is 4.98 Å². The number of aliphatic hydroxyl groups is 1. The summed E-state index contributed by atoms with van der Waals surface area (Å²) in [7, 11) is 0. The van der Waals surface area contributed by atoms with Gasteiger partial charge < -0.3 is 10.0 Å². The molecular weight excluding hydrogens is 260 g/mol. The maximum atomic E-state index is 9.13. The van der Waals surface area contributed by atoms with Gasteiger partial charge in [-0.2, -0.15) is 0 Å². The first-order valence-electron chi connectivity index (χ1n) is 6.28. The minimum Gasteiger partial charge on any atom is -0.392 e. The molecule has 2 rings (SSSR count). The fourth-order valence-electron chi connectivity index (χ4n) is 1.93. The zero-order chi connectivity index (χ0) is 13.7. The van der Waals surface area contributed by atoms with E-state index in [0.717, 1.165) is 30.0 Å². The molecule has 1 heterocycles. The van der Waals surface area contributed by atoms with Crippen molar-refractivity contribution < 1.29 is 5.11 Å². The predicted molar refractivity (Wildman–Crippen MR) is 78.3 cm³/mol. The summed E-state index contributed by atoms with van der Waals surface area (Å²) >= 11 is 6.13. The average molecular weight is 277 g/mol. The van der Waals surface area contributed by atoms with Gasteiger partial charge in [0, 0.05) is 23.5 Å². The Morgan fingerprint density at radius 1 is 1.26 bits per heavy atom. The largest absolute Gasteiger partial charge is 0.392 e. The highest BCUT2D eigenvalue weighted by Gasteiger charge is 2.08. The molecule has 0 fully saturated rings. The Bertz CT molecular complexity index is 531. The molecule has 0 atom stereocenters. The van der Waals surface area contributed by atoms with Crippen LogP contribution in [0.25, 0.3) is 0 Å². The average Bonchev–Trinajstić information content (AvgIpc) is 2.46. The molecule has 0 bridgehead atoms. The molecular formula is C15H17ClN2O. The molecule has 0 amide bonds. The van der Waals surface area contributed by atoms with Crippen LogP contribution in [0.15, 0.2) is 42.6 Å². The lowest BCUT2D eigenvalue weighted by Crippen LogP contribution is -2.22. The lowest BCUT2D eigenvalue weighted by atomic mass is 10.2. The monoisotopic (exact) mass is 276 g/mol. The fraction of sp³-hybridized carbons (Fsp3) is 0.267. The Balaban J connectivity index is 2.20. The van der Waals surface area contributed by atoms with Crippen molar-refractivity contribution in [2.75, 3.05) is 11.4 Å². The standard InChI is InChI=1S/C15H17ClN2O/c1-2-18(10-13-5-3-4-8-17-13)14-7-6-12(11-19)15(16)9-14/h3-9,19H,2,10-11H2,1H3. The molecule has 0 saturated carbocycles. The molecule has 0 spiro atoms. The number of hydrogen-bond acceptors (Lipinski definition) is 3. The van der Waals surface area contributed by atoms with Gasteiger partial charge in [-0.1, -0.05) is 23.7 Å². The van der Waals surface area contributed by atoms with Crippen LogP contribution >= 0.6 is 11.6 Å². The fourth-order valence-corrected chi connectivity index (χ4v) is 2.17. The first-order valence-corrected chi connectivity index (χ1v) is 6.66. The summed E-state index contributed by atoms with van der Waals surface area (Å²) < 4.78 is 0. The Kier molecular flexibility index (Phi) is 4.77. The van der Waals surface area contributed by atoms with E-state index in [0.29, 0.717) is 5.02 Å². The molecule has 1 aromatic heterocycles. The summed E-state index contributed by atoms with van der Waals surface area (Å²) in [5, 5.41) is 9.73. The maximum Gasteiger partial charge on any atom is 0.0696 e. The van der Waals surface area contributed by atoms with Crippen molar-refractivity contribution in [3.8, 4) is 0 Å². The van der Waals surface area contributed by atoms with Gasteiger partial charge in [0.15, 0.2) is 0 Å². The zero-order valence-electron chi connectivity index (χ0n) is 10.9. The molecule has 0 saturated heterocycles. The van der Waals surface area contributed by atoms with Crippen LogP contribution in [0, 0.1) is 0 Å². The smallest absolute Gasteiger partial charge is 0.0696 e. The molecule has 0 aliphatic heterocycles. The molecule has 100 valence electrons. The Morgan fingerprint density at radius 2 is 2.11 bits per heavy atom. The van der Waals surface area contributed by atoms with Crippen LogP contribution in [0.5, 0.6) is 0 Å². The second-order valence-corrected chi connectivity index (χ2v) is 4.68. The SMILES string of the molecule is CCN(Cc1ccccn1)c1ccc(CO)c(Cl)c1. The van der Waals surface area contributed by atoms with E-state index in [9.17, 15) is 0 Å². The molecule has 1 N–H and O–H groups in total. The van der Waals surface area contributed by atoms with E-state index >= 15 is 0 Å². The molecule has 0 aliphatic carbocycles. The number of nitrogens with zero attached hydrogens (tertiary/aromatic N) is 2. The van der Waals surface area contributed by atoms with Gasteiger partial charge in [0.2, 0.25) is 0 Å². The Labute approximate surface area is 118 Å². The van der Waals surface area contributed by atoms with Gasteiger partial charge in [-0.25, -0.2) is 0 Å². The van der Waals surface area contributed by atoms with Gasteiger partial charge in [-0.15, -0.1) is 0 Å². The summed E-state index contributed by atoms with van der Waals surface area (Å²) in [6.45, 7) is 3.67. The van der Waals surface area contributed by atoms with Gasteiger partial charge in [0.25, 0.3) is 0 Å². The number of aliphatic hydroxyl groups excluding tert-OH is 1. The Hall–Kier alpha value is -1.58. The van der Waals surface area contributed by atoms with Crippen LogP contribution in [0.4, 0.5) is 5.69 Å². The number of hydrogen-bond donors (Lipinski definition) is 1. The zero-order valence-corrected chi connectivity index (χ0v) is 11.6. The van der Waals surface area contributed by atoms with E-state index in [1.807, 2.05) is 36.4 Å². The minimum absolute atomic E-state index is 0.0362. The molecule has 0 unspecified atom stereocenters. The van der Waals surface area contributed by atoms with Crippen molar-refractivity contribution in [3.63, 3.8) is 0 Å². The summed E-state index contributed by atoms with van der Waals surface area (Å²) in [6, 6.07) is 11.6. The van der Waals surface area contributed by atoms with E-state index in [4.69, 9.17) is 16.7 Å². The number of aromatic nitrogens is 1. The van der Waals surface area contributed by atoms with Gasteiger partial charge in [-0.05, 0) is 36.8 Å². The number of rotatable bonds is 5. The second kappa shape index (κ2) is 6.55. The summed E-state index contributed by atoms with van der Waals surface area (Å²) in [4.78, 5) is 6.52. The highest BCUT2D eigenvalue weighted by Crippen LogP contribution is 2.24. The summed E-state index contributed by atoms with van der Waals surface area (Å²) in [6.07, 6.45) is 1.80. The summed E-state index contributed by atoms with van der Waals surface area (Å²) in [5.41, 5.74) is 2.81. The van der Waals surface area contributed by atoms with Crippen molar-refractivity contribution in [3.05, 3.63) is 58.9 Å². The molecule has 1 aromatic carbocycles. The third kappa shape index (κ3) is 3.46.